The molecule has 5 rings (SSSR count). The molecule has 14 heteroatoms. The van der Waals surface area contributed by atoms with Gasteiger partial charge in [-0.2, -0.15) is 8.42 Å². The van der Waals surface area contributed by atoms with Crippen LogP contribution in [0.15, 0.2) is 24.7 Å². The quantitative estimate of drug-likeness (QED) is 0.252. The first-order valence-electron chi connectivity index (χ1n) is 13.5. The van der Waals surface area contributed by atoms with E-state index >= 15 is 4.39 Å². The second-order valence-corrected chi connectivity index (χ2v) is 11.8. The van der Waals surface area contributed by atoms with Gasteiger partial charge in [-0.15, -0.1) is 0 Å². The van der Waals surface area contributed by atoms with Gasteiger partial charge < -0.3 is 30.2 Å². The van der Waals surface area contributed by atoms with Gasteiger partial charge in [0.2, 0.25) is 0 Å². The average molecular weight is 588 g/mol. The number of nitrogens with zero attached hydrogens (tertiary/aromatic N) is 4. The number of aliphatic hydroxyl groups is 2. The van der Waals surface area contributed by atoms with Crippen LogP contribution in [0.1, 0.15) is 49.8 Å². The first kappa shape index (κ1) is 29.0. The smallest absolute Gasteiger partial charge is 0.274 e. The van der Waals surface area contributed by atoms with Crippen LogP contribution in [-0.2, 0) is 10.2 Å². The average Bonchev–Trinajstić information content (AvgIpc) is 3.44. The first-order valence-corrected chi connectivity index (χ1v) is 15.1. The second kappa shape index (κ2) is 11.8. The number of nitrogens with one attached hydrogen (secondary N) is 1. The van der Waals surface area contributed by atoms with E-state index in [4.69, 9.17) is 15.6 Å². The number of anilines is 2. The third-order valence-corrected chi connectivity index (χ3v) is 8.27. The van der Waals surface area contributed by atoms with Crippen LogP contribution in [0.3, 0.4) is 0 Å². The number of piperidine rings is 1. The number of hydrogen-bond donors (Lipinski definition) is 5. The summed E-state index contributed by atoms with van der Waals surface area (Å²) in [5.74, 6) is 5.27. The van der Waals surface area contributed by atoms with Crippen molar-refractivity contribution in [1.29, 1.82) is 0 Å². The van der Waals surface area contributed by atoms with E-state index in [-0.39, 0.29) is 24.3 Å². The zero-order valence-electron chi connectivity index (χ0n) is 22.6. The van der Waals surface area contributed by atoms with E-state index < -0.39 is 40.2 Å². The molecule has 0 amide bonds. The Kier molecular flexibility index (Phi) is 8.35. The monoisotopic (exact) mass is 587 g/mol. The van der Waals surface area contributed by atoms with E-state index in [0.717, 1.165) is 38.0 Å². The van der Waals surface area contributed by atoms with E-state index in [1.54, 1.807) is 10.8 Å². The summed E-state index contributed by atoms with van der Waals surface area (Å²) in [4.78, 5) is 10.6. The number of benzene rings is 1. The number of nitrogens with two attached hydrogens (primary N) is 2. The Labute approximate surface area is 237 Å². The van der Waals surface area contributed by atoms with Gasteiger partial charge in [0.05, 0.1) is 29.7 Å². The lowest BCUT2D eigenvalue weighted by atomic mass is 10.1. The maximum Gasteiger partial charge on any atom is 0.274 e. The van der Waals surface area contributed by atoms with E-state index in [9.17, 15) is 18.6 Å². The van der Waals surface area contributed by atoms with Crippen LogP contribution in [0.5, 0.6) is 5.75 Å². The SMILES string of the molecule is CCOc1cc(N2CCCCC2)cc(F)c1C#Cc1cn([C@@H]2C[C@H](CNS(N)(=O)=O)[C@@H](O)[C@H]2O)c2ncnc(N)c12. The molecule has 2 fully saturated rings. The maximum atomic E-state index is 15.4. The van der Waals surface area contributed by atoms with Crippen LogP contribution in [0.25, 0.3) is 11.0 Å². The number of rotatable bonds is 7. The van der Waals surface area contributed by atoms with Gasteiger partial charge in [0.25, 0.3) is 10.2 Å². The highest BCUT2D eigenvalue weighted by molar-refractivity contribution is 7.87. The molecule has 0 unspecified atom stereocenters. The van der Waals surface area contributed by atoms with Crippen LogP contribution < -0.4 is 25.2 Å². The zero-order chi connectivity index (χ0) is 29.3. The standard InChI is InChI=1S/C27H34FN7O5S/c1-2-40-22-12-18(34-8-4-3-5-9-34)11-20(28)19(22)7-6-16-14-35(27-23(16)26(29)31-15-32-27)21-10-17(24(36)25(21)37)13-33-41(30,38)39/h11-12,14-15,17,21,24-25,33,36-37H,2-5,8-10,13H2,1H3,(H2,29,31,32)(H2,30,38,39)/t17-,21-,24-,25+/m1/s1. The number of aromatic nitrogens is 3. The summed E-state index contributed by atoms with van der Waals surface area (Å²) in [5.41, 5.74) is 7.82. The van der Waals surface area contributed by atoms with Crippen molar-refractivity contribution >= 4 is 32.7 Å². The Morgan fingerprint density at radius 3 is 2.63 bits per heavy atom. The Balaban J connectivity index is 1.52. The topological polar surface area (TPSA) is 182 Å². The number of fused-ring (bicyclic) bond motifs is 1. The molecule has 3 heterocycles. The molecule has 2 aromatic heterocycles. The van der Waals surface area contributed by atoms with Crippen molar-refractivity contribution in [1.82, 2.24) is 19.3 Å². The Morgan fingerprint density at radius 1 is 1.17 bits per heavy atom. The van der Waals surface area contributed by atoms with Gasteiger partial charge in [-0.25, -0.2) is 24.2 Å². The molecule has 2 aliphatic rings. The number of aliphatic hydroxyl groups excluding tert-OH is 2. The van der Waals surface area contributed by atoms with Crippen molar-refractivity contribution < 1.29 is 27.8 Å². The molecule has 1 aliphatic carbocycles. The van der Waals surface area contributed by atoms with Crippen molar-refractivity contribution in [3.8, 4) is 17.6 Å². The molecule has 220 valence electrons. The summed E-state index contributed by atoms with van der Waals surface area (Å²) in [7, 11) is -3.97. The van der Waals surface area contributed by atoms with Gasteiger partial charge in [0.15, 0.2) is 0 Å². The number of hydrogen-bond acceptors (Lipinski definition) is 9. The molecule has 12 nitrogen and oxygen atoms in total. The molecule has 1 aromatic carbocycles. The zero-order valence-corrected chi connectivity index (χ0v) is 23.4. The van der Waals surface area contributed by atoms with Gasteiger partial charge >= 0.3 is 0 Å². The fraction of sp³-hybridized carbons (Fsp3) is 0.481. The van der Waals surface area contributed by atoms with Gasteiger partial charge in [-0.3, -0.25) is 0 Å². The first-order chi connectivity index (χ1) is 19.6. The lowest BCUT2D eigenvalue weighted by Gasteiger charge is -2.29. The summed E-state index contributed by atoms with van der Waals surface area (Å²) in [6.07, 6.45) is 3.92. The summed E-state index contributed by atoms with van der Waals surface area (Å²) in [5, 5.41) is 26.9. The second-order valence-electron chi connectivity index (χ2n) is 10.4. The van der Waals surface area contributed by atoms with E-state index in [1.807, 2.05) is 13.0 Å². The Hall–Kier alpha value is -3.48. The number of nitrogen functional groups attached to an aromatic ring is 1. The van der Waals surface area contributed by atoms with Crippen LogP contribution in [0.4, 0.5) is 15.9 Å². The minimum atomic E-state index is -3.97. The maximum absolute atomic E-state index is 15.4. The fourth-order valence-electron chi connectivity index (χ4n) is 5.68. The normalized spacial score (nSPS) is 23.0. The molecule has 7 N–H and O–H groups in total. The van der Waals surface area contributed by atoms with Crippen LogP contribution >= 0.6 is 0 Å². The molecular formula is C27H34FN7O5S. The van der Waals surface area contributed by atoms with Crippen molar-refractivity contribution in [3.05, 3.63) is 41.6 Å². The highest BCUT2D eigenvalue weighted by Crippen LogP contribution is 2.38. The number of ether oxygens (including phenoxy) is 1. The van der Waals surface area contributed by atoms with Crippen molar-refractivity contribution in [2.75, 3.05) is 36.9 Å². The highest BCUT2D eigenvalue weighted by atomic mass is 32.2. The minimum absolute atomic E-state index is 0.106. The lowest BCUT2D eigenvalue weighted by Crippen LogP contribution is -2.38. The van der Waals surface area contributed by atoms with Crippen molar-refractivity contribution in [2.45, 2.75) is 50.9 Å². The van der Waals surface area contributed by atoms with Crippen molar-refractivity contribution in [3.63, 3.8) is 0 Å². The molecule has 1 aliphatic heterocycles. The molecule has 0 bridgehead atoms. The molecule has 3 aromatic rings. The summed E-state index contributed by atoms with van der Waals surface area (Å²) in [6, 6.07) is 2.61. The largest absolute Gasteiger partial charge is 0.492 e. The fourth-order valence-corrected chi connectivity index (χ4v) is 6.13. The Morgan fingerprint density at radius 2 is 1.93 bits per heavy atom. The Bertz CT molecular complexity index is 1600. The summed E-state index contributed by atoms with van der Waals surface area (Å²) in [6.45, 7) is 3.72. The third kappa shape index (κ3) is 6.09. The van der Waals surface area contributed by atoms with Gasteiger partial charge in [-0.1, -0.05) is 11.8 Å². The minimum Gasteiger partial charge on any atom is -0.492 e. The predicted molar refractivity (Wildman–Crippen MR) is 152 cm³/mol. The summed E-state index contributed by atoms with van der Waals surface area (Å²) < 4.78 is 47.7. The van der Waals surface area contributed by atoms with E-state index in [1.165, 1.54) is 12.4 Å². The lowest BCUT2D eigenvalue weighted by molar-refractivity contribution is 0.00769. The van der Waals surface area contributed by atoms with E-state index in [2.05, 4.69) is 31.4 Å². The molecular weight excluding hydrogens is 553 g/mol. The highest BCUT2D eigenvalue weighted by Gasteiger charge is 2.43. The van der Waals surface area contributed by atoms with Gasteiger partial charge in [0.1, 0.15) is 41.0 Å². The molecule has 1 saturated carbocycles. The molecule has 0 spiro atoms. The van der Waals surface area contributed by atoms with Crippen LogP contribution in [0.2, 0.25) is 0 Å². The van der Waals surface area contributed by atoms with Crippen LogP contribution in [0, 0.1) is 23.6 Å². The molecule has 4 atom stereocenters. The molecule has 1 saturated heterocycles. The third-order valence-electron chi connectivity index (χ3n) is 7.70. The molecule has 41 heavy (non-hydrogen) atoms. The predicted octanol–water partition coefficient (Wildman–Crippen LogP) is 1.02. The van der Waals surface area contributed by atoms with Crippen molar-refractivity contribution in [2.24, 2.45) is 11.1 Å². The number of halogens is 1. The summed E-state index contributed by atoms with van der Waals surface area (Å²) >= 11 is 0. The van der Waals surface area contributed by atoms with Gasteiger partial charge in [0, 0.05) is 43.5 Å². The van der Waals surface area contributed by atoms with Gasteiger partial charge in [-0.05, 0) is 38.7 Å². The van der Waals surface area contributed by atoms with E-state index in [0.29, 0.717) is 29.0 Å². The molecule has 0 radical (unpaired) electrons. The van der Waals surface area contributed by atoms with Crippen LogP contribution in [-0.4, -0.2) is 71.6 Å².